The van der Waals surface area contributed by atoms with E-state index in [1.807, 2.05) is 19.1 Å². The number of nitrogens with zero attached hydrogens (tertiary/aromatic N) is 2. The van der Waals surface area contributed by atoms with Crippen LogP contribution in [0.4, 0.5) is 0 Å². The average Bonchev–Trinajstić information content (AvgIpc) is 3.30. The first kappa shape index (κ1) is 16.7. The summed E-state index contributed by atoms with van der Waals surface area (Å²) in [6, 6.07) is 20.6. The van der Waals surface area contributed by atoms with Gasteiger partial charge >= 0.3 is 0 Å². The van der Waals surface area contributed by atoms with Gasteiger partial charge in [0.25, 0.3) is 11.1 Å². The van der Waals surface area contributed by atoms with Crippen molar-refractivity contribution in [3.05, 3.63) is 89.4 Å². The van der Waals surface area contributed by atoms with E-state index in [1.54, 1.807) is 18.0 Å². The molecule has 0 radical (unpaired) electrons. The van der Waals surface area contributed by atoms with Gasteiger partial charge in [0, 0.05) is 0 Å². The highest BCUT2D eigenvalue weighted by molar-refractivity contribution is 7.99. The van der Waals surface area contributed by atoms with Gasteiger partial charge in [-0.15, -0.1) is 10.2 Å². The Morgan fingerprint density at radius 1 is 0.885 bits per heavy atom. The molecule has 0 fully saturated rings. The molecule has 5 heteroatoms. The Labute approximate surface area is 156 Å². The van der Waals surface area contributed by atoms with Gasteiger partial charge in [0.1, 0.15) is 5.76 Å². The maximum atomic E-state index is 5.90. The Morgan fingerprint density at radius 2 is 1.65 bits per heavy atom. The van der Waals surface area contributed by atoms with Gasteiger partial charge < -0.3 is 8.83 Å². The van der Waals surface area contributed by atoms with Crippen molar-refractivity contribution in [2.24, 2.45) is 0 Å². The molecule has 4 nitrogen and oxygen atoms in total. The molecule has 0 saturated heterocycles. The summed E-state index contributed by atoms with van der Waals surface area (Å²) in [5, 5.41) is 9.04. The molecule has 0 aliphatic heterocycles. The van der Waals surface area contributed by atoms with Gasteiger partial charge in [0.15, 0.2) is 0 Å². The predicted molar refractivity (Wildman–Crippen MR) is 102 cm³/mol. The number of hydrogen-bond acceptors (Lipinski definition) is 5. The van der Waals surface area contributed by atoms with Gasteiger partial charge in [0.05, 0.1) is 17.1 Å². The normalized spacial score (nSPS) is 12.2. The lowest BCUT2D eigenvalue weighted by molar-refractivity contribution is 0.463. The Morgan fingerprint density at radius 3 is 2.38 bits per heavy atom. The van der Waals surface area contributed by atoms with E-state index in [4.69, 9.17) is 8.83 Å². The monoisotopic (exact) mass is 362 g/mol. The third kappa shape index (κ3) is 3.30. The molecule has 2 aromatic carbocycles. The number of furan rings is 1. The first-order chi connectivity index (χ1) is 12.7. The maximum Gasteiger partial charge on any atom is 0.277 e. The molecule has 4 rings (SSSR count). The fourth-order valence-corrected chi connectivity index (χ4v) is 4.00. The van der Waals surface area contributed by atoms with E-state index in [1.165, 1.54) is 16.7 Å². The van der Waals surface area contributed by atoms with Crippen molar-refractivity contribution in [3.63, 3.8) is 0 Å². The van der Waals surface area contributed by atoms with E-state index >= 15 is 0 Å². The molecule has 26 heavy (non-hydrogen) atoms. The van der Waals surface area contributed by atoms with Gasteiger partial charge in [0.2, 0.25) is 0 Å². The highest BCUT2D eigenvalue weighted by Gasteiger charge is 2.21. The van der Waals surface area contributed by atoms with Crippen molar-refractivity contribution in [1.29, 1.82) is 0 Å². The molecule has 2 heterocycles. The third-order valence-corrected chi connectivity index (χ3v) is 5.42. The van der Waals surface area contributed by atoms with Crippen LogP contribution in [-0.2, 0) is 0 Å². The number of hydrogen-bond donors (Lipinski definition) is 0. The van der Waals surface area contributed by atoms with Crippen LogP contribution in [0.25, 0.3) is 11.5 Å². The molecular formula is C21H18N2O2S. The molecule has 0 aliphatic carbocycles. The van der Waals surface area contributed by atoms with Crippen molar-refractivity contribution in [1.82, 2.24) is 10.2 Å². The van der Waals surface area contributed by atoms with Crippen molar-refractivity contribution >= 4 is 11.8 Å². The topological polar surface area (TPSA) is 52.1 Å². The van der Waals surface area contributed by atoms with Crippen LogP contribution < -0.4 is 0 Å². The van der Waals surface area contributed by atoms with E-state index in [0.717, 1.165) is 11.3 Å². The number of thioether (sulfide) groups is 1. The highest BCUT2D eigenvalue weighted by Crippen LogP contribution is 2.41. The molecular weight excluding hydrogens is 344 g/mol. The molecule has 0 bridgehead atoms. The van der Waals surface area contributed by atoms with E-state index in [0.29, 0.717) is 11.1 Å². The average molecular weight is 362 g/mol. The van der Waals surface area contributed by atoms with Crippen LogP contribution in [0.15, 0.2) is 81.0 Å². The molecule has 0 saturated carbocycles. The number of aromatic nitrogens is 2. The smallest absolute Gasteiger partial charge is 0.277 e. The van der Waals surface area contributed by atoms with Crippen molar-refractivity contribution in [2.75, 3.05) is 0 Å². The summed E-state index contributed by atoms with van der Waals surface area (Å²) in [5.41, 5.74) is 4.50. The second kappa shape index (κ2) is 7.22. The molecule has 2 aromatic heterocycles. The zero-order valence-electron chi connectivity index (χ0n) is 14.5. The molecule has 0 spiro atoms. The van der Waals surface area contributed by atoms with Gasteiger partial charge in [-0.05, 0) is 36.6 Å². The third-order valence-electron chi connectivity index (χ3n) is 4.29. The molecule has 0 N–H and O–H groups in total. The largest absolute Gasteiger partial charge is 0.469 e. The number of benzene rings is 2. The Hall–Kier alpha value is -2.79. The van der Waals surface area contributed by atoms with Crippen molar-refractivity contribution in [2.45, 2.75) is 24.3 Å². The molecule has 4 aromatic rings. The maximum absolute atomic E-state index is 5.90. The lowest BCUT2D eigenvalue weighted by Gasteiger charge is -2.17. The van der Waals surface area contributed by atoms with Gasteiger partial charge in [-0.25, -0.2) is 0 Å². The van der Waals surface area contributed by atoms with E-state index < -0.39 is 0 Å². The van der Waals surface area contributed by atoms with Crippen LogP contribution in [0.2, 0.25) is 0 Å². The van der Waals surface area contributed by atoms with Crippen molar-refractivity contribution in [3.8, 4) is 11.5 Å². The van der Waals surface area contributed by atoms with Gasteiger partial charge in [-0.1, -0.05) is 66.4 Å². The minimum absolute atomic E-state index is 0.0798. The van der Waals surface area contributed by atoms with Crippen LogP contribution in [0.1, 0.15) is 27.7 Å². The Bertz CT molecular complexity index is 1010. The summed E-state index contributed by atoms with van der Waals surface area (Å²) in [5.74, 6) is 1.25. The lowest BCUT2D eigenvalue weighted by atomic mass is 10.0. The minimum atomic E-state index is 0.0798. The van der Waals surface area contributed by atoms with Crippen LogP contribution in [0.5, 0.6) is 0 Å². The molecule has 130 valence electrons. The van der Waals surface area contributed by atoms with Gasteiger partial charge in [-0.3, -0.25) is 0 Å². The molecule has 0 amide bonds. The second-order valence-corrected chi connectivity index (χ2v) is 7.09. The number of rotatable bonds is 5. The van der Waals surface area contributed by atoms with Crippen LogP contribution in [-0.4, -0.2) is 10.2 Å². The fourth-order valence-electron chi connectivity index (χ4n) is 2.89. The van der Waals surface area contributed by atoms with E-state index in [-0.39, 0.29) is 5.25 Å². The minimum Gasteiger partial charge on any atom is -0.469 e. The van der Waals surface area contributed by atoms with Crippen molar-refractivity contribution < 1.29 is 8.83 Å². The van der Waals surface area contributed by atoms with E-state index in [2.05, 4.69) is 65.7 Å². The predicted octanol–water partition coefficient (Wildman–Crippen LogP) is 5.83. The lowest BCUT2D eigenvalue weighted by Crippen LogP contribution is -1.99. The summed E-state index contributed by atoms with van der Waals surface area (Å²) in [7, 11) is 0. The number of aryl methyl sites for hydroxylation is 2. The Balaban J connectivity index is 1.69. The van der Waals surface area contributed by atoms with Crippen LogP contribution in [0, 0.1) is 13.8 Å². The summed E-state index contributed by atoms with van der Waals surface area (Å²) < 4.78 is 11.2. The SMILES string of the molecule is Cc1ccccc1[C@@H](Sc1nnc(-c2ccoc2C)o1)c1ccccc1. The quantitative estimate of drug-likeness (QED) is 0.418. The summed E-state index contributed by atoms with van der Waals surface area (Å²) >= 11 is 1.56. The Kier molecular flexibility index (Phi) is 4.63. The second-order valence-electron chi connectivity index (χ2n) is 6.03. The molecule has 1 atom stereocenters. The summed E-state index contributed by atoms with van der Waals surface area (Å²) in [6.45, 7) is 4.01. The van der Waals surface area contributed by atoms with Crippen LogP contribution >= 0.6 is 11.8 Å². The van der Waals surface area contributed by atoms with Crippen LogP contribution in [0.3, 0.4) is 0 Å². The van der Waals surface area contributed by atoms with Gasteiger partial charge in [-0.2, -0.15) is 0 Å². The summed E-state index contributed by atoms with van der Waals surface area (Å²) in [4.78, 5) is 0. The standard InChI is InChI=1S/C21H18N2O2S/c1-14-8-6-7-11-17(14)19(16-9-4-3-5-10-16)26-21-23-22-20(25-21)18-12-13-24-15(18)2/h3-13,19H,1-2H3/t19-/m0/s1. The molecule has 0 unspecified atom stereocenters. The zero-order chi connectivity index (χ0) is 17.9. The summed E-state index contributed by atoms with van der Waals surface area (Å²) in [6.07, 6.45) is 1.63. The first-order valence-electron chi connectivity index (χ1n) is 8.37. The molecule has 0 aliphatic rings. The van der Waals surface area contributed by atoms with E-state index in [9.17, 15) is 0 Å². The first-order valence-corrected chi connectivity index (χ1v) is 9.25. The zero-order valence-corrected chi connectivity index (χ0v) is 15.4. The highest BCUT2D eigenvalue weighted by atomic mass is 32.2. The fraction of sp³-hybridized carbons (Fsp3) is 0.143.